The van der Waals surface area contributed by atoms with Gasteiger partial charge in [-0.1, -0.05) is 29.8 Å². The Hall–Kier alpha value is -0.560. The van der Waals surface area contributed by atoms with E-state index in [1.807, 2.05) is 25.1 Å². The Labute approximate surface area is 125 Å². The molecule has 0 aliphatic carbocycles. The molecule has 0 radical (unpaired) electrons. The van der Waals surface area contributed by atoms with Gasteiger partial charge in [-0.05, 0) is 12.5 Å². The van der Waals surface area contributed by atoms with Crippen LogP contribution in [0.3, 0.4) is 0 Å². The highest BCUT2D eigenvalue weighted by Gasteiger charge is 2.35. The fraction of sp³-hybridized carbons (Fsp3) is 0.571. The molecule has 2 unspecified atom stereocenters. The van der Waals surface area contributed by atoms with Crippen molar-refractivity contribution in [2.75, 3.05) is 30.9 Å². The Morgan fingerprint density at radius 1 is 1.50 bits per heavy atom. The average Bonchev–Trinajstić information content (AvgIpc) is 2.39. The summed E-state index contributed by atoms with van der Waals surface area (Å²) >= 11 is 1.70. The van der Waals surface area contributed by atoms with Crippen molar-refractivity contribution >= 4 is 21.6 Å². The van der Waals surface area contributed by atoms with Crippen LogP contribution in [0.2, 0.25) is 0 Å². The van der Waals surface area contributed by atoms with E-state index < -0.39 is 15.2 Å². The van der Waals surface area contributed by atoms with Crippen molar-refractivity contribution < 1.29 is 8.42 Å². The molecule has 1 aromatic rings. The Balaban J connectivity index is 2.33. The number of nitrogens with two attached hydrogens (primary N) is 1. The second kappa shape index (κ2) is 6.47. The Morgan fingerprint density at radius 2 is 2.25 bits per heavy atom. The molecule has 0 spiro atoms. The van der Waals surface area contributed by atoms with E-state index in [1.54, 1.807) is 11.8 Å². The van der Waals surface area contributed by atoms with Crippen LogP contribution in [0.15, 0.2) is 24.3 Å². The van der Waals surface area contributed by atoms with Crippen LogP contribution in [0.5, 0.6) is 0 Å². The topological polar surface area (TPSA) is 63.4 Å². The van der Waals surface area contributed by atoms with Crippen LogP contribution in [0.25, 0.3) is 0 Å². The molecule has 0 saturated carbocycles. The monoisotopic (exact) mass is 314 g/mol. The van der Waals surface area contributed by atoms with Crippen molar-refractivity contribution in [2.45, 2.75) is 18.3 Å². The smallest absolute Gasteiger partial charge is 0.164 e. The zero-order chi connectivity index (χ0) is 14.8. The Morgan fingerprint density at radius 3 is 2.85 bits per heavy atom. The fourth-order valence-electron chi connectivity index (χ4n) is 2.66. The van der Waals surface area contributed by atoms with Crippen molar-refractivity contribution in [1.29, 1.82) is 0 Å². The molecular formula is C14H22N2O2S2. The number of benzene rings is 1. The third-order valence-corrected chi connectivity index (χ3v) is 6.33. The number of aryl methyl sites for hydroxylation is 1. The predicted molar refractivity (Wildman–Crippen MR) is 85.6 cm³/mol. The molecule has 0 aromatic heterocycles. The first-order chi connectivity index (χ1) is 9.43. The summed E-state index contributed by atoms with van der Waals surface area (Å²) in [5.74, 6) is 1.58. The number of sulfone groups is 1. The van der Waals surface area contributed by atoms with Gasteiger partial charge >= 0.3 is 0 Å². The van der Waals surface area contributed by atoms with E-state index in [9.17, 15) is 8.42 Å². The van der Waals surface area contributed by atoms with E-state index in [4.69, 9.17) is 5.73 Å². The minimum atomic E-state index is -3.10. The zero-order valence-corrected chi connectivity index (χ0v) is 13.6. The van der Waals surface area contributed by atoms with E-state index >= 15 is 0 Å². The van der Waals surface area contributed by atoms with Gasteiger partial charge in [-0.15, -0.1) is 0 Å². The van der Waals surface area contributed by atoms with Crippen molar-refractivity contribution in [3.8, 4) is 0 Å². The van der Waals surface area contributed by atoms with Crippen LogP contribution in [0.4, 0.5) is 0 Å². The van der Waals surface area contributed by atoms with Gasteiger partial charge in [0.05, 0.1) is 0 Å². The van der Waals surface area contributed by atoms with Gasteiger partial charge in [0.15, 0.2) is 9.84 Å². The summed E-state index contributed by atoms with van der Waals surface area (Å²) < 4.78 is 24.0. The van der Waals surface area contributed by atoms with Gasteiger partial charge in [0.2, 0.25) is 0 Å². The lowest BCUT2D eigenvalue weighted by Gasteiger charge is -2.39. The molecule has 2 atom stereocenters. The molecule has 6 heteroatoms. The van der Waals surface area contributed by atoms with Crippen LogP contribution in [-0.2, 0) is 9.84 Å². The third-order valence-electron chi connectivity index (χ3n) is 3.67. The lowest BCUT2D eigenvalue weighted by molar-refractivity contribution is 0.198. The van der Waals surface area contributed by atoms with E-state index in [0.29, 0.717) is 12.3 Å². The van der Waals surface area contributed by atoms with Gasteiger partial charge in [0.1, 0.15) is 5.37 Å². The predicted octanol–water partition coefficient (Wildman–Crippen LogP) is 1.41. The number of hydrogen-bond acceptors (Lipinski definition) is 5. The molecule has 4 nitrogen and oxygen atoms in total. The molecule has 2 rings (SSSR count). The van der Waals surface area contributed by atoms with E-state index in [1.165, 1.54) is 11.8 Å². The third kappa shape index (κ3) is 3.55. The Kier molecular flexibility index (Phi) is 5.12. The van der Waals surface area contributed by atoms with Crippen molar-refractivity contribution in [3.63, 3.8) is 0 Å². The molecule has 1 fully saturated rings. The van der Waals surface area contributed by atoms with Gasteiger partial charge in [-0.3, -0.25) is 4.90 Å². The normalized spacial score (nSPS) is 22.6. The standard InChI is InChI=1S/C14H22N2O2S2/c1-11-4-3-5-12(8-11)13(9-15)16-6-7-19-10-14(16)20(2,17)18/h3-5,8,13-14H,6-7,9-10,15H2,1-2H3. The molecule has 1 aliphatic heterocycles. The SMILES string of the molecule is Cc1cccc(C(CN)N2CCSCC2S(C)(=O)=O)c1. The maximum atomic E-state index is 12.0. The first kappa shape index (κ1) is 15.8. The molecule has 1 aliphatic rings. The lowest BCUT2D eigenvalue weighted by atomic mass is 10.0. The average molecular weight is 314 g/mol. The minimum absolute atomic E-state index is 0.0319. The van der Waals surface area contributed by atoms with Crippen LogP contribution in [0, 0.1) is 6.92 Å². The van der Waals surface area contributed by atoms with Gasteiger partial charge in [-0.2, -0.15) is 11.8 Å². The molecule has 1 heterocycles. The maximum absolute atomic E-state index is 12.0. The van der Waals surface area contributed by atoms with Gasteiger partial charge in [0.25, 0.3) is 0 Å². The summed E-state index contributed by atoms with van der Waals surface area (Å²) in [4.78, 5) is 2.06. The van der Waals surface area contributed by atoms with Gasteiger partial charge < -0.3 is 5.73 Å². The second-order valence-electron chi connectivity index (χ2n) is 5.26. The second-order valence-corrected chi connectivity index (χ2v) is 8.62. The van der Waals surface area contributed by atoms with E-state index in [0.717, 1.165) is 17.9 Å². The van der Waals surface area contributed by atoms with Crippen LogP contribution < -0.4 is 5.73 Å². The number of hydrogen-bond donors (Lipinski definition) is 1. The molecule has 0 amide bonds. The molecule has 20 heavy (non-hydrogen) atoms. The summed E-state index contributed by atoms with van der Waals surface area (Å²) in [5, 5.41) is -0.435. The zero-order valence-electron chi connectivity index (χ0n) is 12.0. The molecule has 1 saturated heterocycles. The van der Waals surface area contributed by atoms with Crippen LogP contribution in [-0.4, -0.2) is 49.5 Å². The summed E-state index contributed by atoms with van der Waals surface area (Å²) in [6.07, 6.45) is 1.32. The van der Waals surface area contributed by atoms with Crippen molar-refractivity contribution in [3.05, 3.63) is 35.4 Å². The summed E-state index contributed by atoms with van der Waals surface area (Å²) in [7, 11) is -3.10. The molecule has 0 bridgehead atoms. The van der Waals surface area contributed by atoms with Crippen LogP contribution >= 0.6 is 11.8 Å². The molecule has 112 valence electrons. The highest BCUT2D eigenvalue weighted by atomic mass is 32.2. The highest BCUT2D eigenvalue weighted by molar-refractivity contribution is 8.00. The largest absolute Gasteiger partial charge is 0.329 e. The quantitative estimate of drug-likeness (QED) is 0.910. The van der Waals surface area contributed by atoms with Gasteiger partial charge in [0, 0.05) is 36.9 Å². The molecular weight excluding hydrogens is 292 g/mol. The fourth-order valence-corrected chi connectivity index (χ4v) is 5.58. The van der Waals surface area contributed by atoms with Crippen molar-refractivity contribution in [1.82, 2.24) is 4.90 Å². The lowest BCUT2D eigenvalue weighted by Crippen LogP contribution is -2.50. The summed E-state index contributed by atoms with van der Waals surface area (Å²) in [5.41, 5.74) is 8.22. The van der Waals surface area contributed by atoms with E-state index in [2.05, 4.69) is 11.0 Å². The first-order valence-electron chi connectivity index (χ1n) is 6.72. The molecule has 1 aromatic carbocycles. The van der Waals surface area contributed by atoms with Gasteiger partial charge in [-0.25, -0.2) is 8.42 Å². The highest BCUT2D eigenvalue weighted by Crippen LogP contribution is 2.29. The number of nitrogens with zero attached hydrogens (tertiary/aromatic N) is 1. The minimum Gasteiger partial charge on any atom is -0.329 e. The number of rotatable bonds is 4. The van der Waals surface area contributed by atoms with E-state index in [-0.39, 0.29) is 6.04 Å². The Bertz CT molecular complexity index is 560. The summed E-state index contributed by atoms with van der Waals surface area (Å²) in [6, 6.07) is 8.14. The van der Waals surface area contributed by atoms with Crippen molar-refractivity contribution in [2.24, 2.45) is 5.73 Å². The van der Waals surface area contributed by atoms with Crippen LogP contribution in [0.1, 0.15) is 17.2 Å². The number of thioether (sulfide) groups is 1. The first-order valence-corrected chi connectivity index (χ1v) is 9.83. The maximum Gasteiger partial charge on any atom is 0.164 e. The molecule has 2 N–H and O–H groups in total. The summed E-state index contributed by atoms with van der Waals surface area (Å²) in [6.45, 7) is 3.23.